The van der Waals surface area contributed by atoms with E-state index in [4.69, 9.17) is 0 Å². The molecule has 0 aliphatic rings. The van der Waals surface area contributed by atoms with Crippen molar-refractivity contribution in [3.05, 3.63) is 105 Å². The number of aromatic nitrogens is 4. The molecule has 0 saturated carbocycles. The number of hydrogen-bond acceptors (Lipinski definition) is 6. The van der Waals surface area contributed by atoms with Crippen molar-refractivity contribution < 1.29 is 4.79 Å². The van der Waals surface area contributed by atoms with E-state index in [0.29, 0.717) is 28.3 Å². The van der Waals surface area contributed by atoms with E-state index in [0.717, 1.165) is 22.5 Å². The first kappa shape index (κ1) is 21.7. The lowest BCUT2D eigenvalue weighted by atomic mass is 10.1. The van der Waals surface area contributed by atoms with Gasteiger partial charge in [-0.2, -0.15) is 0 Å². The predicted molar refractivity (Wildman–Crippen MR) is 134 cm³/mol. The third-order valence-electron chi connectivity index (χ3n) is 5.43. The Kier molecular flexibility index (Phi) is 5.97. The molecule has 1 amide bonds. The van der Waals surface area contributed by atoms with E-state index in [2.05, 4.69) is 31.3 Å². The van der Waals surface area contributed by atoms with Crippen molar-refractivity contribution in [3.63, 3.8) is 0 Å². The highest BCUT2D eigenvalue weighted by atomic mass is 32.1. The number of hydrogen-bond donors (Lipinski definition) is 2. The van der Waals surface area contributed by atoms with Gasteiger partial charge < -0.3 is 10.3 Å². The number of para-hydroxylation sites is 1. The molecule has 0 atom stereocenters. The second kappa shape index (κ2) is 9.36. The van der Waals surface area contributed by atoms with E-state index >= 15 is 0 Å². The number of anilines is 1. The van der Waals surface area contributed by atoms with Crippen LogP contribution in [-0.2, 0) is 17.6 Å². The average molecular weight is 468 g/mol. The van der Waals surface area contributed by atoms with Gasteiger partial charge in [-0.25, -0.2) is 9.97 Å². The number of carbonyl (C=O) groups is 1. The van der Waals surface area contributed by atoms with E-state index < -0.39 is 0 Å². The lowest BCUT2D eigenvalue weighted by Crippen LogP contribution is -2.23. The van der Waals surface area contributed by atoms with Crippen LogP contribution in [0.4, 0.5) is 5.69 Å². The highest BCUT2D eigenvalue weighted by molar-refractivity contribution is 7.18. The van der Waals surface area contributed by atoms with Gasteiger partial charge in [0, 0.05) is 41.3 Å². The molecule has 3 heterocycles. The lowest BCUT2D eigenvalue weighted by molar-refractivity contribution is -0.115. The second-order valence-electron chi connectivity index (χ2n) is 7.89. The number of fused-ring (bicyclic) bond motifs is 1. The summed E-state index contributed by atoms with van der Waals surface area (Å²) in [6.45, 7) is 1.73. The lowest BCUT2D eigenvalue weighted by Gasteiger charge is -2.09. The summed E-state index contributed by atoms with van der Waals surface area (Å²) in [5.74, 6) is 0.159. The smallest absolute Gasteiger partial charge is 0.255 e. The maximum atomic E-state index is 12.6. The van der Waals surface area contributed by atoms with Gasteiger partial charge in [-0.15, -0.1) is 11.3 Å². The molecular weight excluding hydrogens is 446 g/mol. The number of nitrogens with one attached hydrogen (secondary N) is 2. The summed E-state index contributed by atoms with van der Waals surface area (Å²) in [5.41, 5.74) is 4.05. The Balaban J connectivity index is 1.24. The number of rotatable bonds is 6. The van der Waals surface area contributed by atoms with Crippen LogP contribution in [-0.4, -0.2) is 25.8 Å². The van der Waals surface area contributed by atoms with Crippen molar-refractivity contribution in [1.82, 2.24) is 19.9 Å². The molecule has 0 bridgehead atoms. The van der Waals surface area contributed by atoms with Crippen LogP contribution < -0.4 is 10.9 Å². The summed E-state index contributed by atoms with van der Waals surface area (Å²) in [7, 11) is 0. The van der Waals surface area contributed by atoms with Gasteiger partial charge in [0.15, 0.2) is 0 Å². The molecule has 5 aromatic rings. The van der Waals surface area contributed by atoms with Gasteiger partial charge in [-0.3, -0.25) is 14.6 Å². The third kappa shape index (κ3) is 4.77. The summed E-state index contributed by atoms with van der Waals surface area (Å²) >= 11 is 1.69. The molecule has 0 unspecified atom stereocenters. The highest BCUT2D eigenvalue weighted by Crippen LogP contribution is 2.24. The zero-order chi connectivity index (χ0) is 23.5. The first-order chi connectivity index (χ1) is 16.5. The van der Waals surface area contributed by atoms with Crippen LogP contribution >= 0.6 is 11.3 Å². The van der Waals surface area contributed by atoms with Gasteiger partial charge in [0.2, 0.25) is 5.91 Å². The van der Waals surface area contributed by atoms with Gasteiger partial charge in [0.25, 0.3) is 5.56 Å². The summed E-state index contributed by atoms with van der Waals surface area (Å²) in [6.07, 6.45) is 3.96. The van der Waals surface area contributed by atoms with E-state index in [1.807, 2.05) is 48.5 Å². The molecule has 0 spiro atoms. The second-order valence-corrected chi connectivity index (χ2v) is 9.01. The van der Waals surface area contributed by atoms with Crippen LogP contribution in [0.1, 0.15) is 21.8 Å². The van der Waals surface area contributed by atoms with Gasteiger partial charge in [0.05, 0.1) is 21.6 Å². The monoisotopic (exact) mass is 467 g/mol. The standard InChI is InChI=1S/C26H21N5O2S/c1-16-20(26(33)31-25(28-16)18-5-4-12-27-15-18)14-23(32)29-19-10-8-17(9-11-19)13-24-30-21-6-2-3-7-22(21)34-24/h2-12,15H,13-14H2,1H3,(H,29,32)(H,28,31,33). The molecule has 0 aliphatic carbocycles. The number of nitrogens with zero attached hydrogens (tertiary/aromatic N) is 3. The predicted octanol–water partition coefficient (Wildman–Crippen LogP) is 4.52. The molecule has 0 radical (unpaired) electrons. The largest absolute Gasteiger partial charge is 0.326 e. The number of amides is 1. The molecule has 168 valence electrons. The van der Waals surface area contributed by atoms with Gasteiger partial charge in [-0.05, 0) is 48.9 Å². The number of carbonyl (C=O) groups excluding carboxylic acids is 1. The molecule has 2 N–H and O–H groups in total. The molecule has 5 rings (SSSR count). The number of pyridine rings is 1. The van der Waals surface area contributed by atoms with Gasteiger partial charge in [0.1, 0.15) is 5.82 Å². The van der Waals surface area contributed by atoms with Crippen molar-refractivity contribution in [3.8, 4) is 11.4 Å². The molecular formula is C26H21N5O2S. The van der Waals surface area contributed by atoms with Gasteiger partial charge >= 0.3 is 0 Å². The van der Waals surface area contributed by atoms with Crippen molar-refractivity contribution in [2.75, 3.05) is 5.32 Å². The Labute approximate surface area is 199 Å². The molecule has 0 saturated heterocycles. The van der Waals surface area contributed by atoms with E-state index in [1.165, 1.54) is 4.70 Å². The van der Waals surface area contributed by atoms with Crippen molar-refractivity contribution in [1.29, 1.82) is 0 Å². The Bertz CT molecular complexity index is 1490. The quantitative estimate of drug-likeness (QED) is 0.382. The van der Waals surface area contributed by atoms with Crippen LogP contribution in [0.3, 0.4) is 0 Å². The van der Waals surface area contributed by atoms with Crippen LogP contribution in [0.15, 0.2) is 77.9 Å². The summed E-state index contributed by atoms with van der Waals surface area (Å²) < 4.78 is 1.18. The summed E-state index contributed by atoms with van der Waals surface area (Å²) in [5, 5.41) is 3.91. The Hall–Kier alpha value is -4.17. The first-order valence-corrected chi connectivity index (χ1v) is 11.6. The Morgan fingerprint density at radius 1 is 1.03 bits per heavy atom. The summed E-state index contributed by atoms with van der Waals surface area (Å²) in [6, 6.07) is 19.4. The number of thiazole rings is 1. The van der Waals surface area contributed by atoms with Crippen LogP contribution in [0.2, 0.25) is 0 Å². The molecule has 2 aromatic carbocycles. The van der Waals surface area contributed by atoms with Crippen LogP contribution in [0, 0.1) is 6.92 Å². The van der Waals surface area contributed by atoms with Crippen molar-refractivity contribution in [2.45, 2.75) is 19.8 Å². The van der Waals surface area contributed by atoms with E-state index in [1.54, 1.807) is 36.7 Å². The van der Waals surface area contributed by atoms with Crippen LogP contribution in [0.5, 0.6) is 0 Å². The maximum absolute atomic E-state index is 12.6. The molecule has 0 fully saturated rings. The maximum Gasteiger partial charge on any atom is 0.255 e. The Morgan fingerprint density at radius 3 is 2.59 bits per heavy atom. The van der Waals surface area contributed by atoms with E-state index in [-0.39, 0.29) is 17.9 Å². The number of aromatic amines is 1. The molecule has 7 nitrogen and oxygen atoms in total. The van der Waals surface area contributed by atoms with E-state index in [9.17, 15) is 9.59 Å². The third-order valence-corrected chi connectivity index (χ3v) is 6.46. The zero-order valence-electron chi connectivity index (χ0n) is 18.4. The molecule has 0 aliphatic heterocycles. The summed E-state index contributed by atoms with van der Waals surface area (Å²) in [4.78, 5) is 41.1. The minimum atomic E-state index is -0.326. The number of H-pyrrole nitrogens is 1. The minimum absolute atomic E-state index is 0.0606. The SMILES string of the molecule is Cc1nc(-c2cccnc2)[nH]c(=O)c1CC(=O)Nc1ccc(Cc2nc3ccccc3s2)cc1. The fourth-order valence-electron chi connectivity index (χ4n) is 3.70. The van der Waals surface area contributed by atoms with Crippen LogP contribution in [0.25, 0.3) is 21.6 Å². The van der Waals surface area contributed by atoms with Gasteiger partial charge in [-0.1, -0.05) is 24.3 Å². The molecule has 34 heavy (non-hydrogen) atoms. The van der Waals surface area contributed by atoms with Crippen molar-refractivity contribution in [2.24, 2.45) is 0 Å². The fourth-order valence-corrected chi connectivity index (χ4v) is 4.70. The first-order valence-electron chi connectivity index (χ1n) is 10.8. The topological polar surface area (TPSA) is 101 Å². The average Bonchev–Trinajstić information content (AvgIpc) is 3.25. The normalized spacial score (nSPS) is 11.0. The minimum Gasteiger partial charge on any atom is -0.326 e. The number of benzene rings is 2. The number of aryl methyl sites for hydroxylation is 1. The zero-order valence-corrected chi connectivity index (χ0v) is 19.2. The molecule has 8 heteroatoms. The molecule has 3 aromatic heterocycles. The highest BCUT2D eigenvalue weighted by Gasteiger charge is 2.14. The Morgan fingerprint density at radius 2 is 1.85 bits per heavy atom. The fraction of sp³-hybridized carbons (Fsp3) is 0.115. The van der Waals surface area contributed by atoms with Crippen molar-refractivity contribution >= 4 is 33.1 Å².